The number of rotatable bonds is 5. The fourth-order valence-electron chi connectivity index (χ4n) is 2.45. The van der Waals surface area contributed by atoms with Crippen molar-refractivity contribution in [3.05, 3.63) is 35.4 Å². The molecule has 20 heavy (non-hydrogen) atoms. The van der Waals surface area contributed by atoms with Crippen molar-refractivity contribution in [2.45, 2.75) is 32.1 Å². The van der Waals surface area contributed by atoms with Gasteiger partial charge in [-0.3, -0.25) is 4.79 Å². The van der Waals surface area contributed by atoms with Crippen molar-refractivity contribution in [2.75, 3.05) is 18.8 Å². The quantitative estimate of drug-likeness (QED) is 0.876. The lowest BCUT2D eigenvalue weighted by atomic mass is 9.95. The number of hydrogen-bond acceptors (Lipinski definition) is 3. The molecule has 1 amide bonds. The van der Waals surface area contributed by atoms with E-state index in [-0.39, 0.29) is 5.91 Å². The summed E-state index contributed by atoms with van der Waals surface area (Å²) in [5, 5.41) is 6.51. The van der Waals surface area contributed by atoms with Crippen molar-refractivity contribution < 1.29 is 4.79 Å². The van der Waals surface area contributed by atoms with Gasteiger partial charge in [-0.1, -0.05) is 26.0 Å². The SMILES string of the molecule is CCSCc1ccc(C(=O)NC2CCNCC2C)cc1. The Morgan fingerprint density at radius 1 is 1.40 bits per heavy atom. The van der Waals surface area contributed by atoms with E-state index in [0.29, 0.717) is 12.0 Å². The van der Waals surface area contributed by atoms with Gasteiger partial charge in [0.25, 0.3) is 5.91 Å². The minimum atomic E-state index is 0.0541. The van der Waals surface area contributed by atoms with Gasteiger partial charge >= 0.3 is 0 Å². The number of benzene rings is 1. The van der Waals surface area contributed by atoms with E-state index in [1.165, 1.54) is 5.56 Å². The predicted octanol–water partition coefficient (Wildman–Crippen LogP) is 2.67. The highest BCUT2D eigenvalue weighted by atomic mass is 32.2. The van der Waals surface area contributed by atoms with Gasteiger partial charge in [0.15, 0.2) is 0 Å². The Balaban J connectivity index is 1.91. The first-order valence-corrected chi connectivity index (χ1v) is 8.54. The third-order valence-electron chi connectivity index (χ3n) is 3.79. The maximum atomic E-state index is 12.2. The average Bonchev–Trinajstić information content (AvgIpc) is 2.48. The summed E-state index contributed by atoms with van der Waals surface area (Å²) in [7, 11) is 0. The molecule has 0 aliphatic carbocycles. The molecule has 0 aromatic heterocycles. The number of thioether (sulfide) groups is 1. The van der Waals surface area contributed by atoms with Gasteiger partial charge in [0.05, 0.1) is 0 Å². The molecule has 2 atom stereocenters. The van der Waals surface area contributed by atoms with Crippen LogP contribution < -0.4 is 10.6 Å². The van der Waals surface area contributed by atoms with Crippen LogP contribution >= 0.6 is 11.8 Å². The van der Waals surface area contributed by atoms with Gasteiger partial charge in [0.2, 0.25) is 0 Å². The number of carbonyl (C=O) groups is 1. The second-order valence-corrected chi connectivity index (χ2v) is 6.66. The third kappa shape index (κ3) is 4.25. The zero-order valence-electron chi connectivity index (χ0n) is 12.3. The summed E-state index contributed by atoms with van der Waals surface area (Å²) >= 11 is 1.90. The lowest BCUT2D eigenvalue weighted by molar-refractivity contribution is 0.0914. The highest BCUT2D eigenvalue weighted by Gasteiger charge is 2.22. The predicted molar refractivity (Wildman–Crippen MR) is 86.2 cm³/mol. The molecule has 0 spiro atoms. The Morgan fingerprint density at radius 3 is 2.80 bits per heavy atom. The molecule has 2 unspecified atom stereocenters. The van der Waals surface area contributed by atoms with Crippen LogP contribution in [0, 0.1) is 5.92 Å². The fraction of sp³-hybridized carbons (Fsp3) is 0.562. The molecule has 1 heterocycles. The lowest BCUT2D eigenvalue weighted by Crippen LogP contribution is -2.48. The van der Waals surface area contributed by atoms with Crippen LogP contribution in [0.2, 0.25) is 0 Å². The summed E-state index contributed by atoms with van der Waals surface area (Å²) < 4.78 is 0. The van der Waals surface area contributed by atoms with Gasteiger partial charge in [-0.25, -0.2) is 0 Å². The molecule has 0 radical (unpaired) electrons. The summed E-state index contributed by atoms with van der Waals surface area (Å²) in [6.07, 6.45) is 1.01. The van der Waals surface area contributed by atoms with E-state index in [2.05, 4.69) is 36.6 Å². The summed E-state index contributed by atoms with van der Waals surface area (Å²) in [6, 6.07) is 8.28. The number of carbonyl (C=O) groups excluding carboxylic acids is 1. The Morgan fingerprint density at radius 2 is 2.15 bits per heavy atom. The molecule has 1 aromatic rings. The van der Waals surface area contributed by atoms with Gasteiger partial charge in [0.1, 0.15) is 0 Å². The van der Waals surface area contributed by atoms with Crippen LogP contribution in [-0.2, 0) is 5.75 Å². The third-order valence-corrected chi connectivity index (χ3v) is 4.74. The molecule has 110 valence electrons. The summed E-state index contributed by atoms with van der Waals surface area (Å²) in [5.74, 6) is 2.69. The van der Waals surface area contributed by atoms with Crippen molar-refractivity contribution in [3.63, 3.8) is 0 Å². The van der Waals surface area contributed by atoms with E-state index >= 15 is 0 Å². The number of piperidine rings is 1. The van der Waals surface area contributed by atoms with Crippen LogP contribution in [0.4, 0.5) is 0 Å². The molecule has 0 saturated carbocycles. The summed E-state index contributed by atoms with van der Waals surface area (Å²) in [5.41, 5.74) is 2.05. The van der Waals surface area contributed by atoms with Crippen molar-refractivity contribution in [2.24, 2.45) is 5.92 Å². The molecular formula is C16H24N2OS. The highest BCUT2D eigenvalue weighted by Crippen LogP contribution is 2.14. The van der Waals surface area contributed by atoms with Gasteiger partial charge in [-0.15, -0.1) is 0 Å². The van der Waals surface area contributed by atoms with Crippen LogP contribution in [0.25, 0.3) is 0 Å². The summed E-state index contributed by atoms with van der Waals surface area (Å²) in [4.78, 5) is 12.2. The van der Waals surface area contributed by atoms with E-state index < -0.39 is 0 Å². The van der Waals surface area contributed by atoms with Crippen LogP contribution in [0.15, 0.2) is 24.3 Å². The fourth-order valence-corrected chi connectivity index (χ4v) is 3.08. The molecule has 1 aliphatic heterocycles. The van der Waals surface area contributed by atoms with Crippen LogP contribution in [0.5, 0.6) is 0 Å². The zero-order valence-corrected chi connectivity index (χ0v) is 13.1. The maximum Gasteiger partial charge on any atom is 0.251 e. The molecule has 3 nitrogen and oxygen atoms in total. The standard InChI is InChI=1S/C16H24N2OS/c1-3-20-11-13-4-6-14(7-5-13)16(19)18-15-8-9-17-10-12(15)2/h4-7,12,15,17H,3,8-11H2,1-2H3,(H,18,19). The maximum absolute atomic E-state index is 12.2. The van der Waals surface area contributed by atoms with Crippen molar-refractivity contribution in [3.8, 4) is 0 Å². The van der Waals surface area contributed by atoms with Crippen LogP contribution in [0.1, 0.15) is 36.2 Å². The first kappa shape index (κ1) is 15.4. The van der Waals surface area contributed by atoms with Crippen molar-refractivity contribution in [1.82, 2.24) is 10.6 Å². The van der Waals surface area contributed by atoms with E-state index in [9.17, 15) is 4.79 Å². The first-order valence-electron chi connectivity index (χ1n) is 7.39. The lowest BCUT2D eigenvalue weighted by Gasteiger charge is -2.30. The molecule has 1 aromatic carbocycles. The van der Waals surface area contributed by atoms with Gasteiger partial charge in [-0.2, -0.15) is 11.8 Å². The van der Waals surface area contributed by atoms with E-state index in [4.69, 9.17) is 0 Å². The van der Waals surface area contributed by atoms with Gasteiger partial charge < -0.3 is 10.6 Å². The van der Waals surface area contributed by atoms with Crippen molar-refractivity contribution in [1.29, 1.82) is 0 Å². The first-order chi connectivity index (χ1) is 9.70. The Hall–Kier alpha value is -1.00. The zero-order chi connectivity index (χ0) is 14.4. The second-order valence-electron chi connectivity index (χ2n) is 5.38. The normalized spacial score (nSPS) is 22.5. The highest BCUT2D eigenvalue weighted by molar-refractivity contribution is 7.98. The molecule has 2 N–H and O–H groups in total. The molecule has 1 fully saturated rings. The van der Waals surface area contributed by atoms with E-state index in [0.717, 1.165) is 36.6 Å². The number of hydrogen-bond donors (Lipinski definition) is 2. The Labute approximate surface area is 125 Å². The molecule has 0 bridgehead atoms. The van der Waals surface area contributed by atoms with Gasteiger partial charge in [0, 0.05) is 17.4 Å². The molecule has 4 heteroatoms. The minimum absolute atomic E-state index is 0.0541. The van der Waals surface area contributed by atoms with E-state index in [1.54, 1.807) is 0 Å². The summed E-state index contributed by atoms with van der Waals surface area (Å²) in [6.45, 7) is 6.31. The Kier molecular flexibility index (Phi) is 5.92. The van der Waals surface area contributed by atoms with Crippen LogP contribution in [-0.4, -0.2) is 30.8 Å². The number of nitrogens with one attached hydrogen (secondary N) is 2. The van der Waals surface area contributed by atoms with Crippen molar-refractivity contribution >= 4 is 17.7 Å². The topological polar surface area (TPSA) is 41.1 Å². The van der Waals surface area contributed by atoms with Crippen LogP contribution in [0.3, 0.4) is 0 Å². The number of amides is 1. The van der Waals surface area contributed by atoms with E-state index in [1.807, 2.05) is 23.9 Å². The molecular weight excluding hydrogens is 268 g/mol. The Bertz CT molecular complexity index is 433. The molecule has 1 aliphatic rings. The second kappa shape index (κ2) is 7.70. The average molecular weight is 292 g/mol. The monoisotopic (exact) mass is 292 g/mol. The molecule has 1 saturated heterocycles. The largest absolute Gasteiger partial charge is 0.349 e. The van der Waals surface area contributed by atoms with Gasteiger partial charge in [-0.05, 0) is 48.9 Å². The molecule has 2 rings (SSSR count). The smallest absolute Gasteiger partial charge is 0.251 e. The minimum Gasteiger partial charge on any atom is -0.349 e.